The second-order valence-corrected chi connectivity index (χ2v) is 2.65. The summed E-state index contributed by atoms with van der Waals surface area (Å²) in [7, 11) is 0. The van der Waals surface area contributed by atoms with Crippen LogP contribution in [0.3, 0.4) is 0 Å². The average Bonchev–Trinajstić information content (AvgIpc) is 2.52. The van der Waals surface area contributed by atoms with Gasteiger partial charge in [0.1, 0.15) is 0 Å². The van der Waals surface area contributed by atoms with Crippen LogP contribution in [0.25, 0.3) is 0 Å². The Balaban J connectivity index is 2.49. The van der Waals surface area contributed by atoms with Crippen molar-refractivity contribution in [1.82, 2.24) is 5.32 Å². The molecule has 1 aromatic rings. The fourth-order valence-electron chi connectivity index (χ4n) is 0.616. The lowest BCUT2D eigenvalue weighted by molar-refractivity contribution is 0.0958. The molecule has 1 radical (unpaired) electrons. The molecule has 0 saturated heterocycles. The number of nitrogens with one attached hydrogen (secondary N) is 1. The minimum Gasteiger partial charge on any atom is -0.349 e. The van der Waals surface area contributed by atoms with Gasteiger partial charge in [-0.15, -0.1) is 17.9 Å². The van der Waals surface area contributed by atoms with E-state index in [0.717, 1.165) is 0 Å². The average molecular weight is 166 g/mol. The maximum absolute atomic E-state index is 11.1. The van der Waals surface area contributed by atoms with Gasteiger partial charge in [-0.05, 0) is 11.4 Å². The fraction of sp³-hybridized carbons (Fsp3) is 0.125. The highest BCUT2D eigenvalue weighted by Crippen LogP contribution is 2.03. The van der Waals surface area contributed by atoms with E-state index in [1.807, 2.05) is 5.38 Å². The summed E-state index contributed by atoms with van der Waals surface area (Å²) in [6.45, 7) is 3.99. The standard InChI is InChI=1S/C8H8NOS/c1-2-4-9-8(10)7-3-5-11-6-7/h2-3,5H,1,4H2,(H,9,10). The zero-order chi connectivity index (χ0) is 8.10. The lowest BCUT2D eigenvalue weighted by Crippen LogP contribution is -2.22. The first-order valence-corrected chi connectivity index (χ1v) is 4.07. The van der Waals surface area contributed by atoms with Crippen LogP contribution in [0.1, 0.15) is 10.4 Å². The van der Waals surface area contributed by atoms with Crippen molar-refractivity contribution in [3.63, 3.8) is 0 Å². The van der Waals surface area contributed by atoms with Gasteiger partial charge in [-0.3, -0.25) is 4.79 Å². The second kappa shape index (κ2) is 3.93. The molecule has 0 aliphatic carbocycles. The highest BCUT2D eigenvalue weighted by atomic mass is 32.1. The fourth-order valence-corrected chi connectivity index (χ4v) is 1.18. The highest BCUT2D eigenvalue weighted by Gasteiger charge is 2.02. The van der Waals surface area contributed by atoms with Gasteiger partial charge in [-0.2, -0.15) is 0 Å². The van der Waals surface area contributed by atoms with E-state index >= 15 is 0 Å². The zero-order valence-corrected chi connectivity index (χ0v) is 6.78. The summed E-state index contributed by atoms with van der Waals surface area (Å²) in [5.74, 6) is -0.0915. The van der Waals surface area contributed by atoms with E-state index in [1.54, 1.807) is 12.1 Å². The summed E-state index contributed by atoms with van der Waals surface area (Å²) in [6, 6.07) is 1.74. The largest absolute Gasteiger partial charge is 0.349 e. The Morgan fingerprint density at radius 3 is 3.27 bits per heavy atom. The third kappa shape index (κ3) is 2.20. The van der Waals surface area contributed by atoms with E-state index in [0.29, 0.717) is 12.1 Å². The van der Waals surface area contributed by atoms with Crippen molar-refractivity contribution in [3.8, 4) is 0 Å². The predicted molar refractivity (Wildman–Crippen MR) is 45.7 cm³/mol. The van der Waals surface area contributed by atoms with E-state index in [9.17, 15) is 4.79 Å². The third-order valence-electron chi connectivity index (χ3n) is 1.12. The molecule has 0 aromatic carbocycles. The Bertz CT molecular complexity index is 241. The van der Waals surface area contributed by atoms with Gasteiger partial charge in [0, 0.05) is 6.54 Å². The van der Waals surface area contributed by atoms with E-state index < -0.39 is 0 Å². The molecule has 1 rings (SSSR count). The highest BCUT2D eigenvalue weighted by molar-refractivity contribution is 7.07. The molecule has 11 heavy (non-hydrogen) atoms. The van der Waals surface area contributed by atoms with Crippen molar-refractivity contribution in [2.24, 2.45) is 0 Å². The summed E-state index contributed by atoms with van der Waals surface area (Å²) in [4.78, 5) is 11.1. The van der Waals surface area contributed by atoms with E-state index in [-0.39, 0.29) is 5.91 Å². The molecular formula is C8H8NOS. The quantitative estimate of drug-likeness (QED) is 0.677. The lowest BCUT2D eigenvalue weighted by Gasteiger charge is -1.96. The SMILES string of the molecule is C=CCNC(=O)c1[c]scc1. The molecule has 57 valence electrons. The van der Waals surface area contributed by atoms with E-state index in [2.05, 4.69) is 17.3 Å². The number of hydrogen-bond acceptors (Lipinski definition) is 2. The summed E-state index contributed by atoms with van der Waals surface area (Å²) in [6.07, 6.45) is 1.64. The van der Waals surface area contributed by atoms with Crippen LogP contribution in [0.2, 0.25) is 0 Å². The molecule has 3 heteroatoms. The van der Waals surface area contributed by atoms with Crippen molar-refractivity contribution in [3.05, 3.63) is 35.0 Å². The number of thiophene rings is 1. The first-order valence-electron chi connectivity index (χ1n) is 3.19. The van der Waals surface area contributed by atoms with Gasteiger partial charge < -0.3 is 5.32 Å². The Labute approximate surface area is 69.6 Å². The van der Waals surface area contributed by atoms with Gasteiger partial charge in [0.25, 0.3) is 5.91 Å². The van der Waals surface area contributed by atoms with Gasteiger partial charge in [0.05, 0.1) is 10.9 Å². The number of rotatable bonds is 3. The lowest BCUT2D eigenvalue weighted by atomic mass is 10.3. The third-order valence-corrected chi connectivity index (χ3v) is 1.73. The van der Waals surface area contributed by atoms with Crippen molar-refractivity contribution in [1.29, 1.82) is 0 Å². The molecule has 0 fully saturated rings. The molecule has 0 unspecified atom stereocenters. The molecule has 0 aliphatic heterocycles. The zero-order valence-electron chi connectivity index (χ0n) is 5.96. The Hall–Kier alpha value is -1.09. The predicted octanol–water partition coefficient (Wildman–Crippen LogP) is 1.46. The maximum Gasteiger partial charge on any atom is 0.253 e. The molecular weight excluding hydrogens is 158 g/mol. The van der Waals surface area contributed by atoms with Crippen LogP contribution in [0.5, 0.6) is 0 Å². The van der Waals surface area contributed by atoms with Crippen molar-refractivity contribution in [2.75, 3.05) is 6.54 Å². The molecule has 2 nitrogen and oxygen atoms in total. The van der Waals surface area contributed by atoms with E-state index in [1.165, 1.54) is 11.3 Å². The second-order valence-electron chi connectivity index (χ2n) is 1.94. The van der Waals surface area contributed by atoms with E-state index in [4.69, 9.17) is 0 Å². The first-order chi connectivity index (χ1) is 5.34. The molecule has 1 heterocycles. The van der Waals surface area contributed by atoms with Crippen molar-refractivity contribution in [2.45, 2.75) is 0 Å². The summed E-state index contributed by atoms with van der Waals surface area (Å²) in [5, 5.41) is 7.32. The molecule has 1 aromatic heterocycles. The van der Waals surface area contributed by atoms with Crippen LogP contribution in [0.4, 0.5) is 0 Å². The first kappa shape index (κ1) is 8.01. The molecule has 0 atom stereocenters. The molecule has 0 aliphatic rings. The van der Waals surface area contributed by atoms with Gasteiger partial charge in [-0.1, -0.05) is 6.08 Å². The Kier molecular flexibility index (Phi) is 2.86. The molecule has 1 N–H and O–H groups in total. The number of amides is 1. The van der Waals surface area contributed by atoms with Crippen LogP contribution >= 0.6 is 11.3 Å². The minimum atomic E-state index is -0.0915. The molecule has 0 bridgehead atoms. The van der Waals surface area contributed by atoms with Gasteiger partial charge >= 0.3 is 0 Å². The van der Waals surface area contributed by atoms with Crippen LogP contribution in [-0.2, 0) is 0 Å². The number of hydrogen-bond donors (Lipinski definition) is 1. The Morgan fingerprint density at radius 1 is 1.91 bits per heavy atom. The van der Waals surface area contributed by atoms with Crippen LogP contribution in [0, 0.1) is 5.38 Å². The Morgan fingerprint density at radius 2 is 2.73 bits per heavy atom. The maximum atomic E-state index is 11.1. The molecule has 1 amide bonds. The van der Waals surface area contributed by atoms with Crippen molar-refractivity contribution < 1.29 is 4.79 Å². The normalized spacial score (nSPS) is 9.09. The summed E-state index contributed by atoms with van der Waals surface area (Å²) in [5.41, 5.74) is 0.594. The van der Waals surface area contributed by atoms with Crippen LogP contribution < -0.4 is 5.32 Å². The number of carbonyl (C=O) groups excluding carboxylic acids is 1. The number of carbonyl (C=O) groups is 1. The summed E-state index contributed by atoms with van der Waals surface area (Å²) < 4.78 is 0. The summed E-state index contributed by atoms with van der Waals surface area (Å²) >= 11 is 1.39. The molecule has 0 spiro atoms. The van der Waals surface area contributed by atoms with Crippen LogP contribution in [0.15, 0.2) is 24.1 Å². The van der Waals surface area contributed by atoms with Crippen LogP contribution in [-0.4, -0.2) is 12.5 Å². The van der Waals surface area contributed by atoms with Gasteiger partial charge in [-0.25, -0.2) is 0 Å². The van der Waals surface area contributed by atoms with Gasteiger partial charge in [0.2, 0.25) is 0 Å². The molecule has 0 saturated carbocycles. The van der Waals surface area contributed by atoms with Gasteiger partial charge in [0.15, 0.2) is 0 Å². The smallest absolute Gasteiger partial charge is 0.253 e. The van der Waals surface area contributed by atoms with Crippen molar-refractivity contribution >= 4 is 17.2 Å². The topological polar surface area (TPSA) is 29.1 Å². The minimum absolute atomic E-state index is 0.0915. The monoisotopic (exact) mass is 166 g/mol.